The molecule has 3 aromatic rings. The Morgan fingerprint density at radius 2 is 1.88 bits per heavy atom. The van der Waals surface area contributed by atoms with Gasteiger partial charge in [0, 0.05) is 11.5 Å². The number of ether oxygens (including phenoxy) is 2. The summed E-state index contributed by atoms with van der Waals surface area (Å²) in [5.74, 6) is -0.260. The Labute approximate surface area is 200 Å². The highest BCUT2D eigenvalue weighted by molar-refractivity contribution is 7.98. The van der Waals surface area contributed by atoms with Crippen molar-refractivity contribution in [3.8, 4) is 17.0 Å². The van der Waals surface area contributed by atoms with Crippen molar-refractivity contribution >= 4 is 29.3 Å². The minimum atomic E-state index is -0.802. The molecule has 0 fully saturated rings. The summed E-state index contributed by atoms with van der Waals surface area (Å²) >= 11 is 1.29. The predicted octanol–water partition coefficient (Wildman–Crippen LogP) is 2.69. The van der Waals surface area contributed by atoms with Crippen LogP contribution in [0.15, 0.2) is 58.5 Å². The summed E-state index contributed by atoms with van der Waals surface area (Å²) in [7, 11) is 0. The zero-order valence-corrected chi connectivity index (χ0v) is 19.9. The number of aromatic nitrogens is 3. The monoisotopic (exact) mass is 481 g/mol. The van der Waals surface area contributed by atoms with E-state index in [9.17, 15) is 14.4 Å². The van der Waals surface area contributed by atoms with E-state index in [0.29, 0.717) is 33.4 Å². The van der Waals surface area contributed by atoms with E-state index in [1.807, 2.05) is 30.5 Å². The summed E-state index contributed by atoms with van der Waals surface area (Å²) in [5.41, 5.74) is 1.80. The van der Waals surface area contributed by atoms with Gasteiger partial charge in [-0.2, -0.15) is 0 Å². The number of nitrogens with zero attached hydrogens (tertiary/aromatic N) is 3. The first-order chi connectivity index (χ1) is 16.5. The number of anilines is 1. The number of thioether (sulfide) groups is 1. The number of benzene rings is 2. The molecule has 0 saturated heterocycles. The first kappa shape index (κ1) is 23.5. The highest BCUT2D eigenvalue weighted by atomic mass is 32.2. The number of aromatic amines is 1. The number of amides is 1. The summed E-state index contributed by atoms with van der Waals surface area (Å²) < 4.78 is 12.4. The number of H-pyrrole nitrogens is 1. The van der Waals surface area contributed by atoms with E-state index in [4.69, 9.17) is 9.47 Å². The van der Waals surface area contributed by atoms with Crippen LogP contribution in [0.2, 0.25) is 0 Å². The molecule has 1 unspecified atom stereocenters. The van der Waals surface area contributed by atoms with Crippen molar-refractivity contribution in [2.75, 3.05) is 24.4 Å². The van der Waals surface area contributed by atoms with Gasteiger partial charge in [-0.25, -0.2) is 9.69 Å². The number of carbonyl (C=O) groups is 2. The van der Waals surface area contributed by atoms with Crippen molar-refractivity contribution in [1.29, 1.82) is 0 Å². The molecular formula is C24H25N4O5S+. The maximum Gasteiger partial charge on any atom is 0.344 e. The second-order valence-electron chi connectivity index (χ2n) is 7.40. The van der Waals surface area contributed by atoms with Crippen molar-refractivity contribution in [3.05, 3.63) is 64.4 Å². The van der Waals surface area contributed by atoms with Crippen LogP contribution in [-0.4, -0.2) is 41.4 Å². The van der Waals surface area contributed by atoms with Gasteiger partial charge in [0.1, 0.15) is 5.75 Å². The van der Waals surface area contributed by atoms with Gasteiger partial charge in [0.15, 0.2) is 6.61 Å². The van der Waals surface area contributed by atoms with Crippen LogP contribution in [0.25, 0.3) is 11.3 Å². The van der Waals surface area contributed by atoms with E-state index in [1.54, 1.807) is 47.7 Å². The van der Waals surface area contributed by atoms with Gasteiger partial charge < -0.3 is 9.47 Å². The summed E-state index contributed by atoms with van der Waals surface area (Å²) in [6.07, 6.45) is 1.25. The van der Waals surface area contributed by atoms with E-state index in [0.717, 1.165) is 0 Å². The molecule has 0 saturated carbocycles. The van der Waals surface area contributed by atoms with E-state index >= 15 is 0 Å². The molecule has 4 rings (SSSR count). The molecule has 0 spiro atoms. The van der Waals surface area contributed by atoms with E-state index in [2.05, 4.69) is 10.1 Å². The molecule has 1 amide bonds. The summed E-state index contributed by atoms with van der Waals surface area (Å²) in [5, 5.41) is 5.07. The predicted molar refractivity (Wildman–Crippen MR) is 127 cm³/mol. The zero-order chi connectivity index (χ0) is 24.2. The van der Waals surface area contributed by atoms with Gasteiger partial charge in [-0.3, -0.25) is 14.6 Å². The van der Waals surface area contributed by atoms with Crippen LogP contribution in [0.5, 0.6) is 5.75 Å². The number of nitrogens with one attached hydrogen (secondary N) is 1. The second-order valence-corrected chi connectivity index (χ2v) is 8.19. The van der Waals surface area contributed by atoms with Crippen LogP contribution in [0.1, 0.15) is 32.0 Å². The van der Waals surface area contributed by atoms with E-state index in [-0.39, 0.29) is 31.1 Å². The van der Waals surface area contributed by atoms with Gasteiger partial charge in [0.2, 0.25) is 11.1 Å². The highest BCUT2D eigenvalue weighted by Crippen LogP contribution is 2.39. The van der Waals surface area contributed by atoms with Gasteiger partial charge in [-0.05, 0) is 42.1 Å². The van der Waals surface area contributed by atoms with Gasteiger partial charge >= 0.3 is 17.2 Å². The Morgan fingerprint density at radius 1 is 1.15 bits per heavy atom. The Bertz CT molecular complexity index is 1290. The van der Waals surface area contributed by atoms with Crippen LogP contribution in [0.3, 0.4) is 0 Å². The number of hydrogen-bond acceptors (Lipinski definition) is 7. The van der Waals surface area contributed by atoms with Crippen molar-refractivity contribution in [2.45, 2.75) is 31.6 Å². The van der Waals surface area contributed by atoms with Gasteiger partial charge in [-0.1, -0.05) is 43.0 Å². The molecule has 1 N–H and O–H groups in total. The summed E-state index contributed by atoms with van der Waals surface area (Å²) in [6, 6.07) is 14.3. The zero-order valence-electron chi connectivity index (χ0n) is 19.1. The van der Waals surface area contributed by atoms with Gasteiger partial charge in [0.25, 0.3) is 6.17 Å². The lowest BCUT2D eigenvalue weighted by Crippen LogP contribution is -2.61. The molecule has 1 aromatic heterocycles. The highest BCUT2D eigenvalue weighted by Gasteiger charge is 2.46. The molecule has 1 atom stereocenters. The quantitative estimate of drug-likeness (QED) is 0.314. The molecular weight excluding hydrogens is 456 g/mol. The first-order valence-electron chi connectivity index (χ1n) is 10.9. The maximum absolute atomic E-state index is 13.3. The van der Waals surface area contributed by atoms with Crippen LogP contribution in [-0.2, 0) is 14.3 Å². The molecule has 1 aliphatic rings. The minimum Gasteiger partial charge on any atom is -0.481 e. The standard InChI is InChI=1S/C24H24N4O5S/c1-4-19(29)27-17-12-8-6-10-15(17)21-22(31)25-24(34-3)26-28(21)23(27)16-11-7-9-13-18(16)33-14-20(30)32-5-2/h6-13,23H,4-5,14H2,1-3H3/p+1. The van der Waals surface area contributed by atoms with E-state index in [1.165, 1.54) is 11.8 Å². The fourth-order valence-corrected chi connectivity index (χ4v) is 4.31. The van der Waals surface area contributed by atoms with Gasteiger partial charge in [0.05, 0.1) is 23.4 Å². The molecule has 0 aliphatic carbocycles. The number of fused-ring (bicyclic) bond motifs is 3. The molecule has 10 heteroatoms. The number of para-hydroxylation sites is 2. The fraction of sp³-hybridized carbons (Fsp3) is 0.292. The number of rotatable bonds is 7. The SMILES string of the molecule is CCOC(=O)COc1ccccc1C1N(C(=O)CC)c2ccccc2-c2c(=O)[nH]c(SC)n[n+]21. The van der Waals surface area contributed by atoms with Crippen molar-refractivity contribution < 1.29 is 23.7 Å². The lowest BCUT2D eigenvalue weighted by Gasteiger charge is -2.32. The Hall–Kier alpha value is -3.66. The molecule has 0 radical (unpaired) electrons. The topological polar surface area (TPSA) is 105 Å². The van der Waals surface area contributed by atoms with Crippen LogP contribution < -0.4 is 19.9 Å². The normalized spacial score (nSPS) is 14.2. The third-order valence-electron chi connectivity index (χ3n) is 5.37. The average Bonchev–Trinajstić information content (AvgIpc) is 2.86. The Balaban J connectivity index is 1.95. The smallest absolute Gasteiger partial charge is 0.344 e. The molecule has 34 heavy (non-hydrogen) atoms. The van der Waals surface area contributed by atoms with Crippen molar-refractivity contribution in [1.82, 2.24) is 10.1 Å². The maximum atomic E-state index is 13.3. The molecule has 2 aromatic carbocycles. The lowest BCUT2D eigenvalue weighted by atomic mass is 10.0. The fourth-order valence-electron chi connectivity index (χ4n) is 3.95. The number of carbonyl (C=O) groups excluding carboxylic acids is 2. The van der Waals surface area contributed by atoms with Gasteiger partial charge in [-0.15, -0.1) is 0 Å². The average molecular weight is 482 g/mol. The van der Waals surface area contributed by atoms with Crippen molar-refractivity contribution in [3.63, 3.8) is 0 Å². The Kier molecular flexibility index (Phi) is 6.97. The third-order valence-corrected chi connectivity index (χ3v) is 5.94. The third kappa shape index (κ3) is 4.28. The largest absolute Gasteiger partial charge is 0.481 e. The molecule has 1 aliphatic heterocycles. The van der Waals surface area contributed by atoms with Crippen LogP contribution >= 0.6 is 11.8 Å². The summed E-state index contributed by atoms with van der Waals surface area (Å²) in [4.78, 5) is 42.8. The number of esters is 1. The first-order valence-corrected chi connectivity index (χ1v) is 12.1. The molecule has 2 heterocycles. The van der Waals surface area contributed by atoms with Crippen LogP contribution in [0.4, 0.5) is 5.69 Å². The number of hydrogen-bond donors (Lipinski definition) is 1. The molecule has 176 valence electrons. The molecule has 0 bridgehead atoms. The van der Waals surface area contributed by atoms with Crippen LogP contribution in [0, 0.1) is 0 Å². The Morgan fingerprint density at radius 3 is 2.62 bits per heavy atom. The lowest BCUT2D eigenvalue weighted by molar-refractivity contribution is -0.763. The second kappa shape index (κ2) is 10.1. The van der Waals surface area contributed by atoms with E-state index < -0.39 is 12.1 Å². The summed E-state index contributed by atoms with van der Waals surface area (Å²) in [6.45, 7) is 3.46. The minimum absolute atomic E-state index is 0.149. The molecule has 9 nitrogen and oxygen atoms in total. The van der Waals surface area contributed by atoms with Crippen molar-refractivity contribution in [2.24, 2.45) is 0 Å².